The maximum Gasteiger partial charge on any atom is 0.341 e. The van der Waals surface area contributed by atoms with Crippen molar-refractivity contribution < 1.29 is 0 Å². The van der Waals surface area contributed by atoms with Gasteiger partial charge in [0.25, 0.3) is 0 Å². The molecule has 0 saturated heterocycles. The van der Waals surface area contributed by atoms with E-state index in [1.165, 1.54) is 37.9 Å². The van der Waals surface area contributed by atoms with Crippen molar-refractivity contribution >= 4 is 71.6 Å². The molecule has 0 aliphatic carbocycles. The average Bonchev–Trinajstić information content (AvgIpc) is 2.50. The van der Waals surface area contributed by atoms with Gasteiger partial charge in [-0.3, -0.25) is 0 Å². The molecule has 0 aromatic heterocycles. The minimum atomic E-state index is -2.59. The van der Waals surface area contributed by atoms with Crippen molar-refractivity contribution in [3.63, 3.8) is 0 Å². The van der Waals surface area contributed by atoms with Crippen LogP contribution in [0.1, 0.15) is 5.56 Å². The van der Waals surface area contributed by atoms with E-state index in [1.54, 1.807) is 0 Å². The summed E-state index contributed by atoms with van der Waals surface area (Å²) in [5.41, 5.74) is 1.27. The van der Waals surface area contributed by atoms with E-state index < -0.39 is 6.00 Å². The fourth-order valence-electron chi connectivity index (χ4n) is 3.29. The fourth-order valence-corrected chi connectivity index (χ4v) is 4.69. The zero-order valence-electron chi connectivity index (χ0n) is 11.7. The third-order valence-corrected chi connectivity index (χ3v) is 6.81. The van der Waals surface area contributed by atoms with Gasteiger partial charge in [0.2, 0.25) is 0 Å². The van der Waals surface area contributed by atoms with Gasteiger partial charge in [-0.15, -0.1) is 33.2 Å². The van der Waals surface area contributed by atoms with Crippen molar-refractivity contribution in [2.45, 2.75) is 12.5 Å². The molecule has 4 heteroatoms. The molecule has 0 aliphatic rings. The third-order valence-electron chi connectivity index (χ3n) is 4.30. The van der Waals surface area contributed by atoms with Crippen molar-refractivity contribution in [2.75, 3.05) is 0 Å². The Bertz CT molecular complexity index is 957. The van der Waals surface area contributed by atoms with Crippen molar-refractivity contribution in [1.29, 1.82) is 0 Å². The molecule has 4 rings (SSSR count). The van der Waals surface area contributed by atoms with Crippen LogP contribution in [0.25, 0.3) is 32.3 Å². The van der Waals surface area contributed by atoms with Gasteiger partial charge in [0.05, 0.1) is 0 Å². The van der Waals surface area contributed by atoms with E-state index in [1.807, 2.05) is 0 Å². The fraction of sp³-hybridized carbons (Fsp3) is 0.111. The molecule has 4 aromatic rings. The summed E-state index contributed by atoms with van der Waals surface area (Å²) in [4.78, 5) is 0. The molecule has 22 heavy (non-hydrogen) atoms. The van der Waals surface area contributed by atoms with Crippen molar-refractivity contribution in [2.24, 2.45) is 0 Å². The first-order chi connectivity index (χ1) is 10.5. The Morgan fingerprint density at radius 3 is 1.95 bits per heavy atom. The molecule has 110 valence electrons. The number of hydrogen-bond donors (Lipinski definition) is 0. The van der Waals surface area contributed by atoms with E-state index in [9.17, 15) is 0 Å². The molecule has 0 unspecified atom stereocenters. The minimum absolute atomic E-state index is 0.654. The Morgan fingerprint density at radius 1 is 0.682 bits per heavy atom. The summed E-state index contributed by atoms with van der Waals surface area (Å²) >= 11 is 18.2. The standard InChI is InChI=1S/C18H13Cl3Si/c19-22(20,21)11-10-12-4-5-15-7-6-13-2-1-3-14-8-9-16(12)18(15)17(13)14/h1-9H,10-11H2. The van der Waals surface area contributed by atoms with Gasteiger partial charge in [0.1, 0.15) is 0 Å². The van der Waals surface area contributed by atoms with E-state index in [0.29, 0.717) is 6.04 Å². The zero-order chi connectivity index (χ0) is 15.3. The SMILES string of the molecule is Cl[Si](Cl)(Cl)CCc1ccc2ccc3cccc4ccc1c2c34. The second-order valence-electron chi connectivity index (χ2n) is 5.70. The van der Waals surface area contributed by atoms with Crippen LogP contribution in [-0.2, 0) is 6.42 Å². The second-order valence-corrected chi connectivity index (χ2v) is 15.0. The van der Waals surface area contributed by atoms with E-state index in [0.717, 1.165) is 6.42 Å². The van der Waals surface area contributed by atoms with Gasteiger partial charge in [-0.05, 0) is 50.3 Å². The van der Waals surface area contributed by atoms with Crippen LogP contribution < -0.4 is 0 Å². The molecule has 0 nitrogen and oxygen atoms in total. The van der Waals surface area contributed by atoms with Crippen LogP contribution >= 0.6 is 33.2 Å². The first kappa shape index (κ1) is 14.6. The van der Waals surface area contributed by atoms with Gasteiger partial charge in [0.15, 0.2) is 0 Å². The van der Waals surface area contributed by atoms with E-state index >= 15 is 0 Å². The summed E-state index contributed by atoms with van der Waals surface area (Å²) in [6.07, 6.45) is 0.816. The largest absolute Gasteiger partial charge is 0.341 e. The van der Waals surface area contributed by atoms with Crippen LogP contribution in [0.3, 0.4) is 0 Å². The van der Waals surface area contributed by atoms with E-state index in [2.05, 4.69) is 54.6 Å². The molecule has 0 heterocycles. The summed E-state index contributed by atoms with van der Waals surface area (Å²) in [6, 6.07) is 17.7. The van der Waals surface area contributed by atoms with Crippen molar-refractivity contribution in [1.82, 2.24) is 0 Å². The highest BCUT2D eigenvalue weighted by atomic mass is 35.8. The normalized spacial score (nSPS) is 12.7. The maximum absolute atomic E-state index is 6.06. The number of rotatable bonds is 3. The minimum Gasteiger partial charge on any atom is -0.126 e. The van der Waals surface area contributed by atoms with Crippen LogP contribution in [0.5, 0.6) is 0 Å². The van der Waals surface area contributed by atoms with Crippen LogP contribution in [0.4, 0.5) is 0 Å². The van der Waals surface area contributed by atoms with Gasteiger partial charge < -0.3 is 0 Å². The summed E-state index contributed by atoms with van der Waals surface area (Å²) in [5.74, 6) is 0. The Kier molecular flexibility index (Phi) is 3.50. The molecule has 0 fully saturated rings. The lowest BCUT2D eigenvalue weighted by Gasteiger charge is -2.14. The smallest absolute Gasteiger partial charge is 0.126 e. The summed E-state index contributed by atoms with van der Waals surface area (Å²) in [7, 11) is 0. The van der Waals surface area contributed by atoms with E-state index in [-0.39, 0.29) is 0 Å². The van der Waals surface area contributed by atoms with Crippen molar-refractivity contribution in [3.8, 4) is 0 Å². The summed E-state index contributed by atoms with van der Waals surface area (Å²) < 4.78 is 0. The molecule has 4 aromatic carbocycles. The second kappa shape index (κ2) is 5.28. The van der Waals surface area contributed by atoms with Gasteiger partial charge in [0, 0.05) is 0 Å². The first-order valence-electron chi connectivity index (χ1n) is 7.25. The lowest BCUT2D eigenvalue weighted by atomic mass is 9.91. The number of aryl methyl sites for hydroxylation is 1. The molecule has 0 N–H and O–H groups in total. The monoisotopic (exact) mass is 362 g/mol. The highest BCUT2D eigenvalue weighted by Crippen LogP contribution is 2.37. The molecule has 0 spiro atoms. The molecule has 0 saturated carbocycles. The molecule has 0 bridgehead atoms. The highest BCUT2D eigenvalue weighted by molar-refractivity contribution is 7.64. The van der Waals surface area contributed by atoms with Gasteiger partial charge in [-0.2, -0.15) is 0 Å². The van der Waals surface area contributed by atoms with Crippen LogP contribution in [-0.4, -0.2) is 6.00 Å². The molecule has 0 aliphatic heterocycles. The van der Waals surface area contributed by atoms with Gasteiger partial charge in [-0.25, -0.2) is 0 Å². The maximum atomic E-state index is 6.06. The molecular formula is C18H13Cl3Si. The van der Waals surface area contributed by atoms with E-state index in [4.69, 9.17) is 33.2 Å². The molecule has 0 atom stereocenters. The van der Waals surface area contributed by atoms with Crippen LogP contribution in [0.15, 0.2) is 54.6 Å². The predicted molar refractivity (Wildman–Crippen MR) is 102 cm³/mol. The van der Waals surface area contributed by atoms with Gasteiger partial charge >= 0.3 is 6.00 Å². The van der Waals surface area contributed by atoms with Crippen LogP contribution in [0.2, 0.25) is 6.04 Å². The first-order valence-corrected chi connectivity index (χ1v) is 12.5. The Hall–Kier alpha value is -0.993. The highest BCUT2D eigenvalue weighted by Gasteiger charge is 2.24. The lowest BCUT2D eigenvalue weighted by molar-refractivity contribution is 1.14. The Balaban J connectivity index is 2.00. The molecule has 0 amide bonds. The summed E-state index contributed by atoms with van der Waals surface area (Å²) in [6.45, 7) is 0. The number of hydrogen-bond acceptors (Lipinski definition) is 0. The molecular weight excluding hydrogens is 351 g/mol. The quantitative estimate of drug-likeness (QED) is 0.214. The predicted octanol–water partition coefficient (Wildman–Crippen LogP) is 6.78. The summed E-state index contributed by atoms with van der Waals surface area (Å²) in [5, 5.41) is 7.79. The Labute approximate surface area is 144 Å². The zero-order valence-corrected chi connectivity index (χ0v) is 15.0. The molecule has 0 radical (unpaired) electrons. The third kappa shape index (κ3) is 2.46. The van der Waals surface area contributed by atoms with Crippen LogP contribution in [0, 0.1) is 0 Å². The topological polar surface area (TPSA) is 0 Å². The van der Waals surface area contributed by atoms with Gasteiger partial charge in [-0.1, -0.05) is 54.6 Å². The number of halogens is 3. The Morgan fingerprint density at radius 2 is 1.27 bits per heavy atom. The van der Waals surface area contributed by atoms with Crippen molar-refractivity contribution in [3.05, 3.63) is 60.2 Å². The number of benzene rings is 4. The average molecular weight is 364 g/mol. The lowest BCUT2D eigenvalue weighted by Crippen LogP contribution is -2.10.